The number of alkyl halides is 3. The predicted molar refractivity (Wildman–Crippen MR) is 123 cm³/mol. The number of hydrogen-bond donors (Lipinski definition) is 2. The van der Waals surface area contributed by atoms with Gasteiger partial charge in [-0.3, -0.25) is 29.6 Å². The van der Waals surface area contributed by atoms with Crippen LogP contribution in [0.2, 0.25) is 5.02 Å². The van der Waals surface area contributed by atoms with E-state index < -0.39 is 48.0 Å². The van der Waals surface area contributed by atoms with Crippen molar-refractivity contribution in [1.82, 2.24) is 10.4 Å². The van der Waals surface area contributed by atoms with Crippen LogP contribution in [0, 0.1) is 5.92 Å². The molecule has 0 aromatic heterocycles. The van der Waals surface area contributed by atoms with Crippen molar-refractivity contribution in [2.45, 2.75) is 12.6 Å². The van der Waals surface area contributed by atoms with Crippen molar-refractivity contribution in [3.63, 3.8) is 0 Å². The highest BCUT2D eigenvalue weighted by Gasteiger charge is 2.37. The molecule has 1 aliphatic rings. The summed E-state index contributed by atoms with van der Waals surface area (Å²) >= 11 is 5.83. The minimum Gasteiger partial charge on any atom is -0.496 e. The molecule has 0 saturated carbocycles. The molecule has 14 heteroatoms. The first-order chi connectivity index (χ1) is 17.4. The lowest BCUT2D eigenvalue weighted by molar-refractivity contribution is -0.151. The van der Waals surface area contributed by atoms with Gasteiger partial charge in [-0.15, -0.1) is 0 Å². The second kappa shape index (κ2) is 11.4. The third-order valence-electron chi connectivity index (χ3n) is 5.26. The molecule has 1 fully saturated rings. The first-order valence-corrected chi connectivity index (χ1v) is 11.0. The quantitative estimate of drug-likeness (QED) is 0.491. The Hall–Kier alpha value is -4.00. The van der Waals surface area contributed by atoms with Gasteiger partial charge in [0.2, 0.25) is 5.91 Å². The number of nitrogens with one attached hydrogen (secondary N) is 2. The highest BCUT2D eigenvalue weighted by Crippen LogP contribution is 2.34. The Balaban J connectivity index is 1.57. The number of methoxy groups -OCH3 is 2. The van der Waals surface area contributed by atoms with Crippen LogP contribution in [0.5, 0.6) is 11.5 Å². The Morgan fingerprint density at radius 2 is 1.76 bits per heavy atom. The predicted octanol–water partition coefficient (Wildman–Crippen LogP) is 3.05. The van der Waals surface area contributed by atoms with Gasteiger partial charge in [-0.05, 0) is 30.3 Å². The van der Waals surface area contributed by atoms with Crippen LogP contribution in [0.15, 0.2) is 36.4 Å². The number of hydrazine groups is 1. The maximum Gasteiger partial charge on any atom is 0.416 e. The summed E-state index contributed by atoms with van der Waals surface area (Å²) in [6, 6.07) is 7.04. The maximum absolute atomic E-state index is 12.9. The summed E-state index contributed by atoms with van der Waals surface area (Å²) in [4.78, 5) is 49.6. The molecule has 0 spiro atoms. The minimum atomic E-state index is -4.65. The molecule has 2 aromatic carbocycles. The molecule has 1 aliphatic heterocycles. The van der Waals surface area contributed by atoms with Crippen molar-refractivity contribution < 1.29 is 46.6 Å². The van der Waals surface area contributed by atoms with Crippen LogP contribution in [0.4, 0.5) is 18.9 Å². The molecular weight excluding hydrogens is 523 g/mol. The standard InChI is InChI=1S/C23H21ClF3N3O7/c1-35-16-4-3-5-17(36-2)20(16)21(33)29-30-10-12(8-19(30)32)22(34)37-11-18(31)28-15-9-13(23(25,26)27)6-7-14(15)24/h3-7,9,12H,8,10-11H2,1-2H3,(H,28,31)(H,29,33)/t12-/m1/s1. The molecule has 1 atom stereocenters. The second-order valence-corrected chi connectivity index (χ2v) is 8.14. The normalized spacial score (nSPS) is 15.2. The van der Waals surface area contributed by atoms with E-state index in [0.717, 1.165) is 17.1 Å². The monoisotopic (exact) mass is 543 g/mol. The fraction of sp³-hybridized carbons (Fsp3) is 0.304. The average Bonchev–Trinajstić information content (AvgIpc) is 3.22. The van der Waals surface area contributed by atoms with Gasteiger partial charge in [0.1, 0.15) is 17.1 Å². The van der Waals surface area contributed by atoms with Crippen LogP contribution in [-0.4, -0.2) is 56.1 Å². The second-order valence-electron chi connectivity index (χ2n) is 7.73. The fourth-order valence-corrected chi connectivity index (χ4v) is 3.63. The number of ether oxygens (including phenoxy) is 3. The summed E-state index contributed by atoms with van der Waals surface area (Å²) in [6.07, 6.45) is -4.95. The molecule has 3 rings (SSSR count). The summed E-state index contributed by atoms with van der Waals surface area (Å²) in [5, 5.41) is 2.93. The highest BCUT2D eigenvalue weighted by molar-refractivity contribution is 6.33. The molecular formula is C23H21ClF3N3O7. The molecule has 2 aromatic rings. The highest BCUT2D eigenvalue weighted by atomic mass is 35.5. The Kier molecular flexibility index (Phi) is 8.48. The molecule has 1 heterocycles. The molecule has 0 radical (unpaired) electrons. The van der Waals surface area contributed by atoms with Gasteiger partial charge < -0.3 is 19.5 Å². The molecule has 1 saturated heterocycles. The summed E-state index contributed by atoms with van der Waals surface area (Å²) in [5.74, 6) is -3.74. The van der Waals surface area contributed by atoms with E-state index in [9.17, 15) is 32.3 Å². The van der Waals surface area contributed by atoms with Gasteiger partial charge in [0, 0.05) is 6.42 Å². The Morgan fingerprint density at radius 3 is 2.35 bits per heavy atom. The van der Waals surface area contributed by atoms with Crippen LogP contribution in [0.1, 0.15) is 22.3 Å². The number of benzene rings is 2. The number of carbonyl (C=O) groups is 4. The van der Waals surface area contributed by atoms with E-state index in [1.54, 1.807) is 6.07 Å². The van der Waals surface area contributed by atoms with Gasteiger partial charge in [0.15, 0.2) is 6.61 Å². The van der Waals surface area contributed by atoms with Gasteiger partial charge in [-0.1, -0.05) is 17.7 Å². The van der Waals surface area contributed by atoms with Crippen molar-refractivity contribution in [3.8, 4) is 11.5 Å². The van der Waals surface area contributed by atoms with Gasteiger partial charge in [-0.25, -0.2) is 0 Å². The number of carbonyl (C=O) groups excluding carboxylic acids is 4. The van der Waals surface area contributed by atoms with Crippen LogP contribution < -0.4 is 20.2 Å². The van der Waals surface area contributed by atoms with Gasteiger partial charge in [0.05, 0.1) is 43.0 Å². The van der Waals surface area contributed by atoms with E-state index in [4.69, 9.17) is 25.8 Å². The summed E-state index contributed by atoms with van der Waals surface area (Å²) in [7, 11) is 2.71. The molecule has 37 heavy (non-hydrogen) atoms. The van der Waals surface area contributed by atoms with E-state index >= 15 is 0 Å². The molecule has 2 N–H and O–H groups in total. The number of esters is 1. The first kappa shape index (κ1) is 27.6. The number of amides is 3. The lowest BCUT2D eigenvalue weighted by Gasteiger charge is -2.19. The van der Waals surface area contributed by atoms with E-state index in [-0.39, 0.29) is 40.7 Å². The van der Waals surface area contributed by atoms with Crippen molar-refractivity contribution in [2.75, 3.05) is 32.7 Å². The van der Waals surface area contributed by atoms with Crippen molar-refractivity contribution in [3.05, 3.63) is 52.5 Å². The Labute approximate surface area is 213 Å². The molecule has 0 aliphatic carbocycles. The first-order valence-electron chi connectivity index (χ1n) is 10.6. The van der Waals surface area contributed by atoms with E-state index in [1.807, 2.05) is 0 Å². The number of nitrogens with zero attached hydrogens (tertiary/aromatic N) is 1. The number of rotatable bonds is 8. The van der Waals surface area contributed by atoms with Crippen LogP contribution in [0.25, 0.3) is 0 Å². The summed E-state index contributed by atoms with van der Waals surface area (Å²) in [6.45, 7) is -1.07. The zero-order valence-electron chi connectivity index (χ0n) is 19.5. The van der Waals surface area contributed by atoms with Crippen LogP contribution >= 0.6 is 11.6 Å². The van der Waals surface area contributed by atoms with Crippen LogP contribution in [0.3, 0.4) is 0 Å². The Morgan fingerprint density at radius 1 is 1.11 bits per heavy atom. The number of halogens is 4. The lowest BCUT2D eigenvalue weighted by atomic mass is 10.1. The Bertz CT molecular complexity index is 1200. The molecule has 3 amide bonds. The molecule has 198 valence electrons. The van der Waals surface area contributed by atoms with E-state index in [0.29, 0.717) is 6.07 Å². The zero-order chi connectivity index (χ0) is 27.3. The third kappa shape index (κ3) is 6.61. The van der Waals surface area contributed by atoms with Crippen LogP contribution in [-0.2, 0) is 25.3 Å². The molecule has 0 unspecified atom stereocenters. The number of hydrogen-bond acceptors (Lipinski definition) is 7. The molecule has 10 nitrogen and oxygen atoms in total. The smallest absolute Gasteiger partial charge is 0.416 e. The maximum atomic E-state index is 12.9. The van der Waals surface area contributed by atoms with Crippen molar-refractivity contribution >= 4 is 41.0 Å². The topological polar surface area (TPSA) is 123 Å². The largest absolute Gasteiger partial charge is 0.496 e. The minimum absolute atomic E-state index is 0.0382. The zero-order valence-corrected chi connectivity index (χ0v) is 20.2. The van der Waals surface area contributed by atoms with Gasteiger partial charge >= 0.3 is 12.1 Å². The van der Waals surface area contributed by atoms with E-state index in [2.05, 4.69) is 10.7 Å². The van der Waals surface area contributed by atoms with Gasteiger partial charge in [-0.2, -0.15) is 13.2 Å². The average molecular weight is 544 g/mol. The lowest BCUT2D eigenvalue weighted by Crippen LogP contribution is -2.43. The van der Waals surface area contributed by atoms with Crippen molar-refractivity contribution in [1.29, 1.82) is 0 Å². The summed E-state index contributed by atoms with van der Waals surface area (Å²) < 4.78 is 53.9. The van der Waals surface area contributed by atoms with Crippen molar-refractivity contribution in [2.24, 2.45) is 5.92 Å². The van der Waals surface area contributed by atoms with E-state index in [1.165, 1.54) is 26.4 Å². The SMILES string of the molecule is COc1cccc(OC)c1C(=O)NN1C[C@H](C(=O)OCC(=O)Nc2cc(C(F)(F)F)ccc2Cl)CC1=O. The summed E-state index contributed by atoms with van der Waals surface area (Å²) in [5.41, 5.74) is 1.09. The fourth-order valence-electron chi connectivity index (χ4n) is 3.47. The number of anilines is 1. The van der Waals surface area contributed by atoms with Gasteiger partial charge in [0.25, 0.3) is 11.8 Å². The molecule has 0 bridgehead atoms. The third-order valence-corrected chi connectivity index (χ3v) is 5.59.